The number of anilines is 1. The third-order valence-electron chi connectivity index (χ3n) is 5.30. The second-order valence-corrected chi connectivity index (χ2v) is 7.35. The Morgan fingerprint density at radius 1 is 1.00 bits per heavy atom. The van der Waals surface area contributed by atoms with E-state index >= 15 is 0 Å². The van der Waals surface area contributed by atoms with Crippen LogP contribution < -0.4 is 5.32 Å². The first-order chi connectivity index (χ1) is 11.8. The minimum atomic E-state index is -0.0382. The van der Waals surface area contributed by atoms with Gasteiger partial charge in [-0.25, -0.2) is 4.98 Å². The van der Waals surface area contributed by atoms with Gasteiger partial charge in [0, 0.05) is 23.4 Å². The molecule has 0 aliphatic heterocycles. The fourth-order valence-corrected chi connectivity index (χ4v) is 4.91. The maximum Gasteiger partial charge on any atom is 0.230 e. The fourth-order valence-electron chi connectivity index (χ4n) is 4.38. The first-order valence-electron chi connectivity index (χ1n) is 8.21. The summed E-state index contributed by atoms with van der Waals surface area (Å²) in [5, 5.41) is 5.57. The summed E-state index contributed by atoms with van der Waals surface area (Å²) in [7, 11) is 0. The minimum Gasteiger partial charge on any atom is -0.302 e. The van der Waals surface area contributed by atoms with Crippen LogP contribution in [-0.2, 0) is 4.79 Å². The molecule has 3 nitrogen and oxygen atoms in total. The maximum absolute atomic E-state index is 12.9. The van der Waals surface area contributed by atoms with Gasteiger partial charge in [-0.05, 0) is 28.7 Å². The van der Waals surface area contributed by atoms with Crippen LogP contribution in [0.4, 0.5) is 5.13 Å². The molecule has 24 heavy (non-hydrogen) atoms. The number of carbonyl (C=O) groups is 1. The number of fused-ring (bicyclic) bond motifs is 1. The van der Waals surface area contributed by atoms with Gasteiger partial charge in [-0.1, -0.05) is 48.5 Å². The zero-order valence-electron chi connectivity index (χ0n) is 13.0. The Balaban J connectivity index is 1.59. The van der Waals surface area contributed by atoms with Crippen LogP contribution in [0.15, 0.2) is 60.1 Å². The summed E-state index contributed by atoms with van der Waals surface area (Å²) < 4.78 is 0. The van der Waals surface area contributed by atoms with Gasteiger partial charge in [0.25, 0.3) is 0 Å². The highest BCUT2D eigenvalue weighted by Crippen LogP contribution is 2.55. The van der Waals surface area contributed by atoms with E-state index in [1.165, 1.54) is 33.6 Å². The van der Waals surface area contributed by atoms with Crippen molar-refractivity contribution in [3.05, 3.63) is 82.4 Å². The molecule has 1 atom stereocenters. The van der Waals surface area contributed by atoms with Crippen LogP contribution in [0, 0.1) is 5.92 Å². The molecule has 3 aliphatic rings. The highest BCUT2D eigenvalue weighted by Gasteiger charge is 2.45. The molecule has 3 aromatic rings. The largest absolute Gasteiger partial charge is 0.302 e. The summed E-state index contributed by atoms with van der Waals surface area (Å²) in [6.45, 7) is 0. The molecular formula is C20H16N2OS. The molecule has 1 aromatic heterocycles. The van der Waals surface area contributed by atoms with E-state index in [0.29, 0.717) is 11.0 Å². The van der Waals surface area contributed by atoms with Crippen molar-refractivity contribution in [1.82, 2.24) is 4.98 Å². The normalized spacial score (nSPS) is 23.4. The van der Waals surface area contributed by atoms with Gasteiger partial charge in [0.15, 0.2) is 5.13 Å². The standard InChI is InChI=1S/C20H16N2OS/c23-19(22-20-21-9-10-24-20)17-11-16-12-5-1-3-7-14(12)18(17)15-8-4-2-6-13(15)16/h1-10,16-18H,11H2,(H,21,22,23)/t16?,17-,18?/m1/s1. The second-order valence-electron chi connectivity index (χ2n) is 6.46. The first kappa shape index (κ1) is 13.9. The lowest BCUT2D eigenvalue weighted by atomic mass is 9.59. The zero-order valence-corrected chi connectivity index (χ0v) is 13.8. The zero-order chi connectivity index (χ0) is 16.1. The van der Waals surface area contributed by atoms with Gasteiger partial charge in [-0.2, -0.15) is 0 Å². The van der Waals surface area contributed by atoms with Gasteiger partial charge in [0.05, 0.1) is 5.92 Å². The Morgan fingerprint density at radius 3 is 2.21 bits per heavy atom. The lowest BCUT2D eigenvalue weighted by Crippen LogP contribution is -2.38. The van der Waals surface area contributed by atoms with Crippen LogP contribution >= 0.6 is 11.3 Å². The summed E-state index contributed by atoms with van der Waals surface area (Å²) in [5.41, 5.74) is 5.40. The lowest BCUT2D eigenvalue weighted by molar-refractivity contribution is -0.121. The van der Waals surface area contributed by atoms with Crippen LogP contribution in [-0.4, -0.2) is 10.9 Å². The lowest BCUT2D eigenvalue weighted by Gasteiger charge is -2.44. The molecule has 1 N–H and O–H groups in total. The number of thiazole rings is 1. The van der Waals surface area contributed by atoms with Gasteiger partial charge >= 0.3 is 0 Å². The predicted molar refractivity (Wildman–Crippen MR) is 95.4 cm³/mol. The number of carbonyl (C=O) groups excluding carboxylic acids is 1. The number of rotatable bonds is 2. The average molecular weight is 332 g/mol. The predicted octanol–water partition coefficient (Wildman–Crippen LogP) is 4.38. The Morgan fingerprint density at radius 2 is 1.62 bits per heavy atom. The molecule has 6 rings (SSSR count). The monoisotopic (exact) mass is 332 g/mol. The maximum atomic E-state index is 12.9. The van der Waals surface area contributed by atoms with Gasteiger partial charge in [0.2, 0.25) is 5.91 Å². The van der Waals surface area contributed by atoms with Gasteiger partial charge in [0.1, 0.15) is 0 Å². The van der Waals surface area contributed by atoms with Crippen LogP contribution in [0.3, 0.4) is 0 Å². The molecule has 118 valence electrons. The van der Waals surface area contributed by atoms with Crippen molar-refractivity contribution in [2.45, 2.75) is 18.3 Å². The van der Waals surface area contributed by atoms with Crippen LogP contribution in [0.5, 0.6) is 0 Å². The van der Waals surface area contributed by atoms with E-state index in [9.17, 15) is 4.79 Å². The van der Waals surface area contributed by atoms with Gasteiger partial charge < -0.3 is 5.32 Å². The van der Waals surface area contributed by atoms with Crippen LogP contribution in [0.1, 0.15) is 40.5 Å². The molecular weight excluding hydrogens is 316 g/mol. The van der Waals surface area contributed by atoms with E-state index in [1.807, 2.05) is 5.38 Å². The molecule has 3 aliphatic carbocycles. The first-order valence-corrected chi connectivity index (χ1v) is 9.09. The van der Waals surface area contributed by atoms with Crippen LogP contribution in [0.25, 0.3) is 0 Å². The van der Waals surface area contributed by atoms with E-state index in [4.69, 9.17) is 0 Å². The molecule has 0 saturated heterocycles. The smallest absolute Gasteiger partial charge is 0.230 e. The molecule has 0 unspecified atom stereocenters. The van der Waals surface area contributed by atoms with Crippen LogP contribution in [0.2, 0.25) is 0 Å². The summed E-state index contributed by atoms with van der Waals surface area (Å²) in [5.74, 6) is 0.504. The SMILES string of the molecule is O=C(Nc1nccs1)[C@@H]1CC2c3ccccc3C1c1ccccc12. The number of amides is 1. The van der Waals surface area contributed by atoms with Crippen molar-refractivity contribution in [3.63, 3.8) is 0 Å². The van der Waals surface area contributed by atoms with E-state index in [-0.39, 0.29) is 17.7 Å². The average Bonchev–Trinajstić information content (AvgIpc) is 3.14. The molecule has 1 amide bonds. The Kier molecular flexibility index (Phi) is 3.06. The van der Waals surface area contributed by atoms with Crippen molar-refractivity contribution < 1.29 is 4.79 Å². The number of aromatic nitrogens is 1. The van der Waals surface area contributed by atoms with E-state index in [1.54, 1.807) is 6.20 Å². The van der Waals surface area contributed by atoms with E-state index < -0.39 is 0 Å². The molecule has 0 fully saturated rings. The van der Waals surface area contributed by atoms with Crippen molar-refractivity contribution in [3.8, 4) is 0 Å². The Hall–Kier alpha value is -2.46. The number of nitrogens with one attached hydrogen (secondary N) is 1. The Bertz CT molecular complexity index is 871. The minimum absolute atomic E-state index is 0.0382. The highest BCUT2D eigenvalue weighted by atomic mass is 32.1. The number of hydrogen-bond donors (Lipinski definition) is 1. The van der Waals surface area contributed by atoms with E-state index in [2.05, 4.69) is 58.8 Å². The third kappa shape index (κ3) is 1.96. The highest BCUT2D eigenvalue weighted by molar-refractivity contribution is 7.13. The third-order valence-corrected chi connectivity index (χ3v) is 5.99. The van der Waals surface area contributed by atoms with Crippen molar-refractivity contribution in [2.75, 3.05) is 5.32 Å². The fraction of sp³-hybridized carbons (Fsp3) is 0.200. The van der Waals surface area contributed by atoms with Crippen molar-refractivity contribution in [1.29, 1.82) is 0 Å². The quantitative estimate of drug-likeness (QED) is 0.757. The second kappa shape index (κ2) is 5.28. The molecule has 0 radical (unpaired) electrons. The molecule has 2 aromatic carbocycles. The van der Waals surface area contributed by atoms with Crippen molar-refractivity contribution in [2.24, 2.45) is 5.92 Å². The van der Waals surface area contributed by atoms with Gasteiger partial charge in [-0.15, -0.1) is 11.3 Å². The number of hydrogen-bond acceptors (Lipinski definition) is 3. The number of nitrogens with zero attached hydrogens (tertiary/aromatic N) is 1. The van der Waals surface area contributed by atoms with E-state index in [0.717, 1.165) is 6.42 Å². The molecule has 0 spiro atoms. The number of benzene rings is 2. The summed E-state index contributed by atoms with van der Waals surface area (Å²) in [4.78, 5) is 17.1. The summed E-state index contributed by atoms with van der Waals surface area (Å²) >= 11 is 1.46. The summed E-state index contributed by atoms with van der Waals surface area (Å²) in [6.07, 6.45) is 2.59. The molecule has 0 saturated carbocycles. The molecule has 2 bridgehead atoms. The van der Waals surface area contributed by atoms with Gasteiger partial charge in [-0.3, -0.25) is 4.79 Å². The Labute approximate surface area is 144 Å². The molecule has 1 heterocycles. The van der Waals surface area contributed by atoms with Crippen molar-refractivity contribution >= 4 is 22.4 Å². The summed E-state index contributed by atoms with van der Waals surface area (Å²) in [6, 6.07) is 17.2. The topological polar surface area (TPSA) is 42.0 Å². The molecule has 4 heteroatoms.